The van der Waals surface area contributed by atoms with Gasteiger partial charge < -0.3 is 9.62 Å². The number of rotatable bonds is 3. The molecule has 2 N–H and O–H groups in total. The van der Waals surface area contributed by atoms with Crippen LogP contribution in [0.4, 0.5) is 0 Å². The fraction of sp³-hybridized carbons (Fsp3) is 0.125. The van der Waals surface area contributed by atoms with Gasteiger partial charge in [0.2, 0.25) is 0 Å². The molecule has 0 fully saturated rings. The maximum atomic E-state index is 8.97. The van der Waals surface area contributed by atoms with Crippen LogP contribution in [0.2, 0.25) is 0 Å². The molecule has 1 aromatic heterocycles. The van der Waals surface area contributed by atoms with E-state index in [1.54, 1.807) is 0 Å². The third-order valence-corrected chi connectivity index (χ3v) is 3.29. The number of benzene rings is 2. The monoisotopic (exact) mass is 253 g/mol. The van der Waals surface area contributed by atoms with Crippen LogP contribution in [0.5, 0.6) is 0 Å². The molecule has 1 unspecified atom stereocenters. The maximum Gasteiger partial charge on any atom is 0.135 e. The van der Waals surface area contributed by atoms with Crippen LogP contribution in [0.25, 0.3) is 22.3 Å². The molecule has 96 valence electrons. The number of hydrogen-bond donors (Lipinski definition) is 2. The van der Waals surface area contributed by atoms with Gasteiger partial charge in [-0.3, -0.25) is 0 Å². The standard InChI is InChI=1S/C16H15NO2/c1-11(17-18)13-7-8-15-14(9-13)10-16(19-15)12-5-3-2-4-6-12/h2-11,17-18H,1H3. The van der Waals surface area contributed by atoms with Gasteiger partial charge in [0.25, 0.3) is 0 Å². The van der Waals surface area contributed by atoms with Crippen molar-refractivity contribution in [1.29, 1.82) is 0 Å². The van der Waals surface area contributed by atoms with Crippen molar-refractivity contribution >= 4 is 11.0 Å². The topological polar surface area (TPSA) is 45.4 Å². The summed E-state index contributed by atoms with van der Waals surface area (Å²) in [5.74, 6) is 0.859. The number of hydrogen-bond acceptors (Lipinski definition) is 3. The zero-order valence-electron chi connectivity index (χ0n) is 10.6. The molecule has 0 aliphatic rings. The molecule has 3 aromatic rings. The summed E-state index contributed by atoms with van der Waals surface area (Å²) in [6, 6.07) is 17.9. The van der Waals surface area contributed by atoms with Gasteiger partial charge in [0, 0.05) is 10.9 Å². The van der Waals surface area contributed by atoms with Crippen molar-refractivity contribution < 1.29 is 9.62 Å². The number of nitrogens with one attached hydrogen (secondary N) is 1. The van der Waals surface area contributed by atoms with Gasteiger partial charge in [-0.2, -0.15) is 5.48 Å². The van der Waals surface area contributed by atoms with Crippen molar-refractivity contribution in [2.24, 2.45) is 0 Å². The van der Waals surface area contributed by atoms with E-state index in [0.29, 0.717) is 0 Å². The van der Waals surface area contributed by atoms with Crippen LogP contribution in [-0.4, -0.2) is 5.21 Å². The summed E-state index contributed by atoms with van der Waals surface area (Å²) < 4.78 is 5.84. The first-order valence-electron chi connectivity index (χ1n) is 6.26. The van der Waals surface area contributed by atoms with Gasteiger partial charge in [-0.25, -0.2) is 0 Å². The van der Waals surface area contributed by atoms with Gasteiger partial charge in [0.05, 0.1) is 6.04 Å². The van der Waals surface area contributed by atoms with E-state index >= 15 is 0 Å². The predicted molar refractivity (Wildman–Crippen MR) is 75.0 cm³/mol. The Labute approximate surface area is 111 Å². The minimum Gasteiger partial charge on any atom is -0.456 e. The van der Waals surface area contributed by atoms with Crippen LogP contribution < -0.4 is 5.48 Å². The first-order chi connectivity index (χ1) is 9.28. The molecular weight excluding hydrogens is 238 g/mol. The van der Waals surface area contributed by atoms with Gasteiger partial charge in [-0.05, 0) is 30.7 Å². The fourth-order valence-corrected chi connectivity index (χ4v) is 2.15. The summed E-state index contributed by atoms with van der Waals surface area (Å²) in [7, 11) is 0. The normalized spacial score (nSPS) is 12.7. The highest BCUT2D eigenvalue weighted by Crippen LogP contribution is 2.29. The molecule has 0 aliphatic carbocycles. The molecule has 19 heavy (non-hydrogen) atoms. The summed E-state index contributed by atoms with van der Waals surface area (Å²) in [5, 5.41) is 10.0. The van der Waals surface area contributed by atoms with Crippen molar-refractivity contribution in [2.45, 2.75) is 13.0 Å². The summed E-state index contributed by atoms with van der Waals surface area (Å²) in [6.45, 7) is 1.90. The molecule has 0 aliphatic heterocycles. The van der Waals surface area contributed by atoms with E-state index in [1.165, 1.54) is 0 Å². The largest absolute Gasteiger partial charge is 0.456 e. The first-order valence-corrected chi connectivity index (χ1v) is 6.26. The molecule has 0 radical (unpaired) electrons. The molecule has 0 saturated carbocycles. The van der Waals surface area contributed by atoms with Crippen LogP contribution in [0.1, 0.15) is 18.5 Å². The van der Waals surface area contributed by atoms with Crippen molar-refractivity contribution in [3.63, 3.8) is 0 Å². The first kappa shape index (κ1) is 12.0. The Hall–Kier alpha value is -2.10. The summed E-state index contributed by atoms with van der Waals surface area (Å²) in [6.07, 6.45) is 0. The minimum absolute atomic E-state index is 0.0977. The second-order valence-corrected chi connectivity index (χ2v) is 4.62. The van der Waals surface area contributed by atoms with E-state index in [2.05, 4.69) is 5.48 Å². The van der Waals surface area contributed by atoms with E-state index in [4.69, 9.17) is 9.62 Å². The van der Waals surface area contributed by atoms with Gasteiger partial charge >= 0.3 is 0 Å². The Morgan fingerprint density at radius 1 is 1.05 bits per heavy atom. The lowest BCUT2D eigenvalue weighted by Gasteiger charge is -2.08. The van der Waals surface area contributed by atoms with E-state index in [-0.39, 0.29) is 6.04 Å². The highest BCUT2D eigenvalue weighted by molar-refractivity contribution is 5.83. The molecule has 0 bridgehead atoms. The molecule has 1 heterocycles. The predicted octanol–water partition coefficient (Wildman–Crippen LogP) is 4.14. The van der Waals surface area contributed by atoms with Crippen molar-refractivity contribution in [1.82, 2.24) is 5.48 Å². The van der Waals surface area contributed by atoms with Gasteiger partial charge in [-0.1, -0.05) is 36.4 Å². The van der Waals surface area contributed by atoms with Gasteiger partial charge in [0.1, 0.15) is 11.3 Å². The van der Waals surface area contributed by atoms with Crippen LogP contribution in [0.3, 0.4) is 0 Å². The van der Waals surface area contributed by atoms with E-state index in [0.717, 1.165) is 27.9 Å². The Bertz CT molecular complexity index is 688. The molecule has 0 spiro atoms. The molecule has 2 aromatic carbocycles. The lowest BCUT2D eigenvalue weighted by Crippen LogP contribution is -2.12. The smallest absolute Gasteiger partial charge is 0.135 e. The van der Waals surface area contributed by atoms with E-state index in [9.17, 15) is 0 Å². The van der Waals surface area contributed by atoms with Crippen LogP contribution in [0.15, 0.2) is 59.0 Å². The number of furan rings is 1. The SMILES string of the molecule is CC(NO)c1ccc2oc(-c3ccccc3)cc2c1. The highest BCUT2D eigenvalue weighted by atomic mass is 16.5. The van der Waals surface area contributed by atoms with Crippen LogP contribution in [-0.2, 0) is 0 Å². The van der Waals surface area contributed by atoms with E-state index in [1.807, 2.05) is 61.5 Å². The maximum absolute atomic E-state index is 8.97. The second-order valence-electron chi connectivity index (χ2n) is 4.62. The fourth-order valence-electron chi connectivity index (χ4n) is 2.15. The third-order valence-electron chi connectivity index (χ3n) is 3.29. The average molecular weight is 253 g/mol. The summed E-state index contributed by atoms with van der Waals surface area (Å²) in [4.78, 5) is 0. The lowest BCUT2D eigenvalue weighted by atomic mass is 10.1. The molecule has 3 nitrogen and oxygen atoms in total. The van der Waals surface area contributed by atoms with Crippen LogP contribution in [0, 0.1) is 0 Å². The lowest BCUT2D eigenvalue weighted by molar-refractivity contribution is 0.133. The molecule has 1 atom stereocenters. The molecule has 0 saturated heterocycles. The van der Waals surface area contributed by atoms with E-state index < -0.39 is 0 Å². The Morgan fingerprint density at radius 2 is 1.84 bits per heavy atom. The Morgan fingerprint density at radius 3 is 2.58 bits per heavy atom. The van der Waals surface area contributed by atoms with Gasteiger partial charge in [0.15, 0.2) is 0 Å². The van der Waals surface area contributed by atoms with Gasteiger partial charge in [-0.15, -0.1) is 0 Å². The molecule has 3 rings (SSSR count). The van der Waals surface area contributed by atoms with Crippen molar-refractivity contribution in [3.05, 3.63) is 60.2 Å². The molecule has 0 amide bonds. The quantitative estimate of drug-likeness (QED) is 0.689. The molecule has 3 heteroatoms. The number of fused-ring (bicyclic) bond motifs is 1. The number of hydroxylamine groups is 1. The van der Waals surface area contributed by atoms with Crippen molar-refractivity contribution in [3.8, 4) is 11.3 Å². The average Bonchev–Trinajstić information content (AvgIpc) is 2.90. The Kier molecular flexibility index (Phi) is 3.07. The zero-order chi connectivity index (χ0) is 13.2. The van der Waals surface area contributed by atoms with Crippen LogP contribution >= 0.6 is 0 Å². The summed E-state index contributed by atoms with van der Waals surface area (Å²) in [5.41, 5.74) is 5.20. The van der Waals surface area contributed by atoms with Crippen molar-refractivity contribution in [2.75, 3.05) is 0 Å². The Balaban J connectivity index is 2.06. The highest BCUT2D eigenvalue weighted by Gasteiger charge is 2.09. The zero-order valence-corrected chi connectivity index (χ0v) is 10.6. The molecular formula is C16H15NO2. The summed E-state index contributed by atoms with van der Waals surface area (Å²) >= 11 is 0. The second kappa shape index (κ2) is 4.88. The minimum atomic E-state index is -0.0977. The third kappa shape index (κ3) is 2.26.